The van der Waals surface area contributed by atoms with Gasteiger partial charge in [-0.15, -0.1) is 0 Å². The molecule has 0 saturated heterocycles. The van der Waals surface area contributed by atoms with E-state index >= 15 is 0 Å². The van der Waals surface area contributed by atoms with Gasteiger partial charge < -0.3 is 41.5 Å². The molecule has 52 heavy (non-hydrogen) atoms. The molecule has 2 saturated carbocycles. The van der Waals surface area contributed by atoms with Crippen LogP contribution >= 0.6 is 11.6 Å². The third-order valence-electron chi connectivity index (χ3n) is 8.39. The number of aliphatic hydroxyl groups excluding tert-OH is 1. The minimum Gasteiger partial charge on any atom is -0.480 e. The summed E-state index contributed by atoms with van der Waals surface area (Å²) in [6, 6.07) is 10.4. The fraction of sp³-hybridized carbons (Fsp3) is 0.424. The van der Waals surface area contributed by atoms with E-state index < -0.39 is 60.2 Å². The van der Waals surface area contributed by atoms with Crippen molar-refractivity contribution in [2.75, 3.05) is 23.8 Å². The molecule has 0 radical (unpaired) electrons. The van der Waals surface area contributed by atoms with Crippen LogP contribution in [0.3, 0.4) is 0 Å². The molecule has 2 fully saturated rings. The highest BCUT2D eigenvalue weighted by Gasteiger charge is 2.45. The van der Waals surface area contributed by atoms with Gasteiger partial charge in [0.05, 0.1) is 11.6 Å². The van der Waals surface area contributed by atoms with Gasteiger partial charge >= 0.3 is 30.0 Å². The molecule has 3 atom stereocenters. The average molecular weight is 749 g/mol. The predicted octanol–water partition coefficient (Wildman–Crippen LogP) is 3.42. The summed E-state index contributed by atoms with van der Waals surface area (Å²) in [7, 11) is 0. The number of aliphatic hydroxyl groups is 1. The van der Waals surface area contributed by atoms with Crippen molar-refractivity contribution in [3.63, 3.8) is 0 Å². The molecule has 278 valence electrons. The summed E-state index contributed by atoms with van der Waals surface area (Å²) in [6.07, 6.45) is -1.71. The van der Waals surface area contributed by atoms with Crippen LogP contribution in [-0.2, 0) is 19.9 Å². The van der Waals surface area contributed by atoms with E-state index in [2.05, 4.69) is 41.5 Å². The molecule has 1 aromatic heterocycles. The molecule has 2 aliphatic rings. The second kappa shape index (κ2) is 16.4. The Hall–Kier alpha value is -5.23. The van der Waals surface area contributed by atoms with Crippen LogP contribution in [0.25, 0.3) is 0 Å². The first-order valence-electron chi connectivity index (χ1n) is 16.4. The van der Waals surface area contributed by atoms with Gasteiger partial charge in [0.25, 0.3) is 5.91 Å². The number of amides is 3. The third-order valence-corrected chi connectivity index (χ3v) is 8.64. The van der Waals surface area contributed by atoms with Crippen molar-refractivity contribution in [3.05, 3.63) is 64.7 Å². The van der Waals surface area contributed by atoms with Crippen molar-refractivity contribution in [2.24, 2.45) is 0 Å². The number of nitrogens with zero attached hydrogens (tertiary/aromatic N) is 3. The van der Waals surface area contributed by atoms with E-state index in [0.29, 0.717) is 49.2 Å². The Morgan fingerprint density at radius 3 is 2.29 bits per heavy atom. The van der Waals surface area contributed by atoms with E-state index in [1.165, 1.54) is 24.3 Å². The van der Waals surface area contributed by atoms with Crippen molar-refractivity contribution < 1.29 is 47.3 Å². The lowest BCUT2D eigenvalue weighted by Crippen LogP contribution is -2.48. The largest absolute Gasteiger partial charge is 0.480 e. The third kappa shape index (κ3) is 10.9. The van der Waals surface area contributed by atoms with Gasteiger partial charge in [0.15, 0.2) is 6.61 Å². The number of ether oxygens (including phenoxy) is 1. The van der Waals surface area contributed by atoms with Crippen molar-refractivity contribution in [1.29, 1.82) is 0 Å². The Morgan fingerprint density at radius 1 is 0.962 bits per heavy atom. The van der Waals surface area contributed by atoms with Crippen LogP contribution < -0.4 is 31.3 Å². The van der Waals surface area contributed by atoms with Crippen LogP contribution in [0, 0.1) is 0 Å². The number of nitrogens with one attached hydrogen (secondary N) is 5. The highest BCUT2D eigenvalue weighted by Crippen LogP contribution is 2.48. The normalized spacial score (nSPS) is 18.3. The van der Waals surface area contributed by atoms with E-state index in [9.17, 15) is 42.6 Å². The Bertz CT molecular complexity index is 1760. The van der Waals surface area contributed by atoms with Crippen LogP contribution in [0.2, 0.25) is 5.02 Å². The van der Waals surface area contributed by atoms with E-state index in [0.717, 1.165) is 5.56 Å². The van der Waals surface area contributed by atoms with E-state index in [1.807, 2.05) is 12.1 Å². The van der Waals surface area contributed by atoms with Crippen molar-refractivity contribution in [2.45, 2.75) is 74.8 Å². The molecule has 15 nitrogen and oxygen atoms in total. The Morgan fingerprint density at radius 2 is 1.65 bits per heavy atom. The highest BCUT2D eigenvalue weighted by molar-refractivity contribution is 6.35. The molecular weight excluding hydrogens is 713 g/mol. The number of carbonyl (C=O) groups is 4. The first-order valence-corrected chi connectivity index (χ1v) is 16.7. The Labute approximate surface area is 300 Å². The molecule has 3 amide bonds. The number of carboxylic acid groups (broad SMARTS) is 1. The summed E-state index contributed by atoms with van der Waals surface area (Å²) >= 11 is 6.01. The zero-order valence-corrected chi connectivity index (χ0v) is 28.3. The second-order valence-corrected chi connectivity index (χ2v) is 12.9. The highest BCUT2D eigenvalue weighted by atomic mass is 35.5. The molecule has 2 aromatic carbocycles. The maximum atomic E-state index is 12.9. The smallest absolute Gasteiger partial charge is 0.422 e. The van der Waals surface area contributed by atoms with Crippen LogP contribution in [0.1, 0.15) is 60.9 Å². The predicted molar refractivity (Wildman–Crippen MR) is 180 cm³/mol. The summed E-state index contributed by atoms with van der Waals surface area (Å²) in [5.74, 6) is -4.18. The van der Waals surface area contributed by atoms with Gasteiger partial charge in [-0.05, 0) is 86.9 Å². The number of rotatable bonds is 14. The molecule has 2 unspecified atom stereocenters. The van der Waals surface area contributed by atoms with Crippen molar-refractivity contribution in [1.82, 2.24) is 30.9 Å². The minimum atomic E-state index is -4.64. The van der Waals surface area contributed by atoms with Gasteiger partial charge in [-0.3, -0.25) is 14.4 Å². The second-order valence-electron chi connectivity index (χ2n) is 12.5. The van der Waals surface area contributed by atoms with Gasteiger partial charge in [-0.2, -0.15) is 28.1 Å². The monoisotopic (exact) mass is 748 g/mol. The Kier molecular flexibility index (Phi) is 12.0. The number of hydrogen-bond acceptors (Lipinski definition) is 11. The minimum absolute atomic E-state index is 0.0429. The summed E-state index contributed by atoms with van der Waals surface area (Å²) in [5, 5.41) is 33.2. The lowest BCUT2D eigenvalue weighted by atomic mass is 9.93. The zero-order chi connectivity index (χ0) is 37.5. The lowest BCUT2D eigenvalue weighted by Gasteiger charge is -2.26. The van der Waals surface area contributed by atoms with Gasteiger partial charge in [-0.1, -0.05) is 23.7 Å². The molecule has 1 heterocycles. The first kappa shape index (κ1) is 38.0. The maximum Gasteiger partial charge on any atom is 0.422 e. The number of alkyl halides is 3. The number of halogens is 4. The number of anilines is 3. The van der Waals surface area contributed by atoms with Gasteiger partial charge in [0.1, 0.15) is 6.04 Å². The van der Waals surface area contributed by atoms with Gasteiger partial charge in [0, 0.05) is 28.9 Å². The number of carboxylic acids is 1. The summed E-state index contributed by atoms with van der Waals surface area (Å²) < 4.78 is 43.5. The summed E-state index contributed by atoms with van der Waals surface area (Å²) in [4.78, 5) is 61.4. The topological polar surface area (TPSA) is 217 Å². The molecule has 3 aromatic rings. The lowest BCUT2D eigenvalue weighted by molar-refractivity contribution is -0.154. The zero-order valence-electron chi connectivity index (χ0n) is 27.5. The average Bonchev–Trinajstić information content (AvgIpc) is 3.87. The SMILES string of the molecule is O=C(NCC[C@H](NC(=O)c1ccc(Nc2nc(NC3(c4ccc(Cl)cc4)CC3)nc(OCC(F)(F)F)n2)cc1)C(=O)O)C(=O)NC1CCCC(O)C1. The molecule has 19 heteroatoms. The van der Waals surface area contributed by atoms with Crippen LogP contribution in [0.4, 0.5) is 30.8 Å². The molecular formula is C33H36ClF3N8O7. The van der Waals surface area contributed by atoms with Crippen LogP contribution in [0.15, 0.2) is 48.5 Å². The molecule has 0 bridgehead atoms. The van der Waals surface area contributed by atoms with Crippen LogP contribution in [-0.4, -0.2) is 86.4 Å². The van der Waals surface area contributed by atoms with E-state index in [-0.39, 0.29) is 36.5 Å². The fourth-order valence-electron chi connectivity index (χ4n) is 5.56. The Balaban J connectivity index is 1.18. The van der Waals surface area contributed by atoms with Gasteiger partial charge in [0.2, 0.25) is 11.9 Å². The number of aromatic nitrogens is 3. The summed E-state index contributed by atoms with van der Waals surface area (Å²) in [6.45, 7) is -1.86. The van der Waals surface area contributed by atoms with Crippen molar-refractivity contribution in [3.8, 4) is 6.01 Å². The van der Waals surface area contributed by atoms with E-state index in [1.54, 1.807) is 12.1 Å². The maximum absolute atomic E-state index is 12.9. The number of benzene rings is 2. The van der Waals surface area contributed by atoms with Gasteiger partial charge in [-0.25, -0.2) is 4.79 Å². The fourth-order valence-corrected chi connectivity index (χ4v) is 5.69. The van der Waals surface area contributed by atoms with Crippen molar-refractivity contribution >= 4 is 52.9 Å². The molecule has 0 spiro atoms. The number of hydrogen-bond donors (Lipinski definition) is 7. The first-order chi connectivity index (χ1) is 24.7. The molecule has 2 aliphatic carbocycles. The number of carbonyl (C=O) groups excluding carboxylic acids is 3. The van der Waals surface area contributed by atoms with E-state index in [4.69, 9.17) is 16.3 Å². The standard InChI is InChI=1S/C33H36ClF3N8O7/c34-20-8-6-19(7-9-20)32(13-14-32)45-30-42-29(43-31(44-30)52-17-33(35,36)37)40-21-10-4-18(5-11-21)25(47)41-24(28(50)51)12-15-38-26(48)27(49)39-22-2-1-3-23(46)16-22/h4-11,22-24,46H,1-3,12-17H2,(H,38,48)(H,39,49)(H,41,47)(H,50,51)(H2,40,42,43,44,45)/t22?,23?,24-/m0/s1. The quantitative estimate of drug-likeness (QED) is 0.118. The molecule has 0 aliphatic heterocycles. The molecule has 5 rings (SSSR count). The molecule has 7 N–H and O–H groups in total. The van der Waals surface area contributed by atoms with Crippen LogP contribution in [0.5, 0.6) is 6.01 Å². The number of aliphatic carboxylic acids is 1. The summed E-state index contributed by atoms with van der Waals surface area (Å²) in [5.41, 5.74) is 0.717.